The van der Waals surface area contributed by atoms with Crippen LogP contribution in [-0.2, 0) is 6.54 Å². The number of amides is 1. The van der Waals surface area contributed by atoms with Gasteiger partial charge in [0.25, 0.3) is 5.91 Å². The minimum absolute atomic E-state index is 0.246. The summed E-state index contributed by atoms with van der Waals surface area (Å²) < 4.78 is 1.68. The first kappa shape index (κ1) is 19.1. The molecule has 1 aromatic heterocycles. The molecule has 150 valence electrons. The van der Waals surface area contributed by atoms with E-state index in [0.29, 0.717) is 12.2 Å². The Hall–Kier alpha value is -3.19. The zero-order valence-electron chi connectivity index (χ0n) is 16.7. The Morgan fingerprint density at radius 1 is 1.00 bits per heavy atom. The first-order valence-electron chi connectivity index (χ1n) is 10.0. The van der Waals surface area contributed by atoms with E-state index in [0.717, 1.165) is 49.7 Å². The lowest BCUT2D eigenvalue weighted by molar-refractivity contribution is 0.102. The van der Waals surface area contributed by atoms with Gasteiger partial charge in [0.2, 0.25) is 0 Å². The molecule has 0 saturated carbocycles. The van der Waals surface area contributed by atoms with Gasteiger partial charge in [0, 0.05) is 26.2 Å². The third-order valence-electron chi connectivity index (χ3n) is 5.27. The van der Waals surface area contributed by atoms with Crippen LogP contribution in [0.15, 0.2) is 60.8 Å². The van der Waals surface area contributed by atoms with Gasteiger partial charge in [-0.15, -0.1) is 5.10 Å². The van der Waals surface area contributed by atoms with Crippen LogP contribution in [-0.4, -0.2) is 58.5 Å². The van der Waals surface area contributed by atoms with Crippen LogP contribution in [0.2, 0.25) is 0 Å². The van der Waals surface area contributed by atoms with Gasteiger partial charge in [-0.25, -0.2) is 4.68 Å². The van der Waals surface area contributed by atoms with Crippen molar-refractivity contribution >= 4 is 17.3 Å². The molecular weight excluding hydrogens is 364 g/mol. The largest absolute Gasteiger partial charge is 0.367 e. The Bertz CT molecular complexity index is 947. The molecule has 1 aliphatic heterocycles. The fourth-order valence-electron chi connectivity index (χ4n) is 3.60. The van der Waals surface area contributed by atoms with Crippen molar-refractivity contribution in [2.45, 2.75) is 13.5 Å². The molecule has 0 unspecified atom stereocenters. The number of anilines is 2. The number of carbonyl (C=O) groups excluding carboxylic acids is 1. The summed E-state index contributed by atoms with van der Waals surface area (Å²) in [5.41, 5.74) is 3.28. The number of carbonyl (C=O) groups is 1. The lowest BCUT2D eigenvalue weighted by Gasteiger charge is -2.36. The van der Waals surface area contributed by atoms with E-state index in [1.165, 1.54) is 0 Å². The molecule has 0 aliphatic carbocycles. The zero-order chi connectivity index (χ0) is 20.1. The maximum absolute atomic E-state index is 12.8. The van der Waals surface area contributed by atoms with Crippen molar-refractivity contribution in [2.75, 3.05) is 42.9 Å². The highest BCUT2D eigenvalue weighted by Crippen LogP contribution is 2.27. The number of hydrogen-bond donors (Lipinski definition) is 1. The molecule has 1 aliphatic rings. The molecule has 1 saturated heterocycles. The lowest BCUT2D eigenvalue weighted by Crippen LogP contribution is -2.46. The highest BCUT2D eigenvalue weighted by atomic mass is 16.2. The maximum atomic E-state index is 12.8. The Labute approximate surface area is 170 Å². The normalized spacial score (nSPS) is 14.7. The van der Waals surface area contributed by atoms with Gasteiger partial charge in [-0.1, -0.05) is 54.6 Å². The minimum atomic E-state index is -0.246. The van der Waals surface area contributed by atoms with Crippen LogP contribution in [0.25, 0.3) is 0 Å². The third-order valence-corrected chi connectivity index (χ3v) is 5.27. The molecule has 29 heavy (non-hydrogen) atoms. The number of likely N-dealkylation sites (N-methyl/N-ethyl adjacent to an activating group) is 1. The Balaban J connectivity index is 1.44. The second kappa shape index (κ2) is 8.87. The van der Waals surface area contributed by atoms with Crippen LogP contribution >= 0.6 is 0 Å². The third kappa shape index (κ3) is 4.63. The van der Waals surface area contributed by atoms with Crippen LogP contribution in [0, 0.1) is 0 Å². The predicted octanol–water partition coefficient (Wildman–Crippen LogP) is 2.72. The molecule has 1 amide bonds. The monoisotopic (exact) mass is 390 g/mol. The summed E-state index contributed by atoms with van der Waals surface area (Å²) in [6.45, 7) is 7.82. The molecule has 1 fully saturated rings. The van der Waals surface area contributed by atoms with Gasteiger partial charge in [0.05, 0.1) is 24.1 Å². The fraction of sp³-hybridized carbons (Fsp3) is 0.318. The summed E-state index contributed by atoms with van der Waals surface area (Å²) in [6, 6.07) is 17.9. The van der Waals surface area contributed by atoms with Crippen LogP contribution in [0.3, 0.4) is 0 Å². The lowest BCUT2D eigenvalue weighted by atomic mass is 10.2. The Morgan fingerprint density at radius 2 is 1.72 bits per heavy atom. The molecule has 0 atom stereocenters. The van der Waals surface area contributed by atoms with Crippen molar-refractivity contribution in [3.8, 4) is 0 Å². The molecule has 0 spiro atoms. The average Bonchev–Trinajstić information content (AvgIpc) is 3.24. The van der Waals surface area contributed by atoms with E-state index in [2.05, 4.69) is 38.4 Å². The smallest absolute Gasteiger partial charge is 0.277 e. The van der Waals surface area contributed by atoms with Crippen LogP contribution in [0.1, 0.15) is 23.0 Å². The second-order valence-corrected chi connectivity index (χ2v) is 7.18. The van der Waals surface area contributed by atoms with Crippen molar-refractivity contribution in [1.82, 2.24) is 19.9 Å². The van der Waals surface area contributed by atoms with E-state index in [-0.39, 0.29) is 5.91 Å². The van der Waals surface area contributed by atoms with E-state index in [1.54, 1.807) is 10.9 Å². The second-order valence-electron chi connectivity index (χ2n) is 7.18. The number of benzene rings is 2. The molecule has 1 N–H and O–H groups in total. The molecule has 7 nitrogen and oxygen atoms in total. The van der Waals surface area contributed by atoms with E-state index in [1.807, 2.05) is 48.5 Å². The highest BCUT2D eigenvalue weighted by Gasteiger charge is 2.20. The van der Waals surface area contributed by atoms with Gasteiger partial charge in [-0.3, -0.25) is 4.79 Å². The summed E-state index contributed by atoms with van der Waals surface area (Å²) in [6.07, 6.45) is 1.69. The average molecular weight is 390 g/mol. The fourth-order valence-corrected chi connectivity index (χ4v) is 3.60. The number of rotatable bonds is 6. The minimum Gasteiger partial charge on any atom is -0.367 e. The van der Waals surface area contributed by atoms with Gasteiger partial charge in [0.15, 0.2) is 5.69 Å². The SMILES string of the molecule is CCN1CCN(c2ccccc2NC(=O)c2cn(Cc3ccccc3)nn2)CC1. The molecule has 2 aromatic carbocycles. The standard InChI is InChI=1S/C22H26N6O/c1-2-26-12-14-27(15-13-26)21-11-7-6-10-19(21)23-22(29)20-17-28(25-24-20)16-18-8-4-3-5-9-18/h3-11,17H,2,12-16H2,1H3,(H,23,29). The van der Waals surface area contributed by atoms with Gasteiger partial charge in [-0.05, 0) is 24.2 Å². The summed E-state index contributed by atoms with van der Waals surface area (Å²) in [7, 11) is 0. The Morgan fingerprint density at radius 3 is 2.48 bits per heavy atom. The number of nitrogens with zero attached hydrogens (tertiary/aromatic N) is 5. The van der Waals surface area contributed by atoms with Crippen LogP contribution < -0.4 is 10.2 Å². The van der Waals surface area contributed by atoms with Gasteiger partial charge in [0.1, 0.15) is 0 Å². The molecule has 2 heterocycles. The summed E-state index contributed by atoms with van der Waals surface area (Å²) in [5, 5.41) is 11.2. The summed E-state index contributed by atoms with van der Waals surface area (Å²) >= 11 is 0. The number of nitrogens with one attached hydrogen (secondary N) is 1. The van der Waals surface area contributed by atoms with Crippen molar-refractivity contribution in [3.05, 3.63) is 72.1 Å². The zero-order valence-corrected chi connectivity index (χ0v) is 16.7. The van der Waals surface area contributed by atoms with Crippen molar-refractivity contribution in [2.24, 2.45) is 0 Å². The van der Waals surface area contributed by atoms with Crippen LogP contribution in [0.5, 0.6) is 0 Å². The van der Waals surface area contributed by atoms with E-state index < -0.39 is 0 Å². The molecule has 0 bridgehead atoms. The van der Waals surface area contributed by atoms with Gasteiger partial charge < -0.3 is 15.1 Å². The highest BCUT2D eigenvalue weighted by molar-refractivity contribution is 6.04. The quantitative estimate of drug-likeness (QED) is 0.701. The molecule has 4 rings (SSSR count). The van der Waals surface area contributed by atoms with Crippen molar-refractivity contribution in [3.63, 3.8) is 0 Å². The number of hydrogen-bond acceptors (Lipinski definition) is 5. The number of piperazine rings is 1. The van der Waals surface area contributed by atoms with Crippen molar-refractivity contribution < 1.29 is 4.79 Å². The summed E-state index contributed by atoms with van der Waals surface area (Å²) in [4.78, 5) is 17.5. The number of para-hydroxylation sites is 2. The van der Waals surface area contributed by atoms with Gasteiger partial charge >= 0.3 is 0 Å². The molecular formula is C22H26N6O. The first-order valence-corrected chi connectivity index (χ1v) is 10.0. The van der Waals surface area contributed by atoms with Crippen molar-refractivity contribution in [1.29, 1.82) is 0 Å². The van der Waals surface area contributed by atoms with Gasteiger partial charge in [-0.2, -0.15) is 0 Å². The maximum Gasteiger partial charge on any atom is 0.277 e. The number of aromatic nitrogens is 3. The predicted molar refractivity (Wildman–Crippen MR) is 114 cm³/mol. The summed E-state index contributed by atoms with van der Waals surface area (Å²) in [5.74, 6) is -0.246. The Kier molecular flexibility index (Phi) is 5.86. The molecule has 3 aromatic rings. The van der Waals surface area contributed by atoms with E-state index in [4.69, 9.17) is 0 Å². The first-order chi connectivity index (χ1) is 14.2. The van der Waals surface area contributed by atoms with Crippen LogP contribution in [0.4, 0.5) is 11.4 Å². The van der Waals surface area contributed by atoms with E-state index in [9.17, 15) is 4.79 Å². The van der Waals surface area contributed by atoms with E-state index >= 15 is 0 Å². The molecule has 0 radical (unpaired) electrons. The topological polar surface area (TPSA) is 66.3 Å². The molecule has 7 heteroatoms.